The molecule has 0 radical (unpaired) electrons. The molecule has 2 amide bonds. The number of ether oxygens (including phenoxy) is 1. The maximum atomic E-state index is 12.8. The van der Waals surface area contributed by atoms with Crippen molar-refractivity contribution in [3.8, 4) is 5.88 Å². The zero-order valence-electron chi connectivity index (χ0n) is 17.2. The molecule has 4 rings (SSSR count). The van der Waals surface area contributed by atoms with Gasteiger partial charge in [0.25, 0.3) is 0 Å². The van der Waals surface area contributed by atoms with Crippen LogP contribution in [0.25, 0.3) is 10.9 Å². The molecule has 2 aromatic rings. The third-order valence-electron chi connectivity index (χ3n) is 5.58. The van der Waals surface area contributed by atoms with E-state index in [2.05, 4.69) is 27.0 Å². The van der Waals surface area contributed by atoms with Crippen LogP contribution in [0.5, 0.6) is 5.88 Å². The summed E-state index contributed by atoms with van der Waals surface area (Å²) in [6.45, 7) is 7.30. The van der Waals surface area contributed by atoms with Crippen LogP contribution in [0, 0.1) is 5.92 Å². The smallest absolute Gasteiger partial charge is 0.228 e. The molecule has 1 atom stereocenters. The second kappa shape index (κ2) is 7.85. The fraction of sp³-hybridized carbons (Fsp3) is 0.524. The lowest BCUT2D eigenvalue weighted by atomic mass is 10.1. The van der Waals surface area contributed by atoms with Crippen molar-refractivity contribution < 1.29 is 14.3 Å². The van der Waals surface area contributed by atoms with E-state index in [1.807, 2.05) is 24.8 Å². The number of fused-ring (bicyclic) bond motifs is 1. The average Bonchev–Trinajstić information content (AvgIpc) is 3.05. The van der Waals surface area contributed by atoms with Crippen LogP contribution in [-0.2, 0) is 9.59 Å². The second-order valence-corrected chi connectivity index (χ2v) is 8.03. The van der Waals surface area contributed by atoms with Gasteiger partial charge < -0.3 is 19.4 Å². The Morgan fingerprint density at radius 3 is 2.59 bits per heavy atom. The van der Waals surface area contributed by atoms with Crippen molar-refractivity contribution in [3.63, 3.8) is 0 Å². The van der Waals surface area contributed by atoms with Gasteiger partial charge in [-0.3, -0.25) is 9.59 Å². The van der Waals surface area contributed by atoms with Crippen molar-refractivity contribution in [2.24, 2.45) is 5.92 Å². The molecule has 29 heavy (non-hydrogen) atoms. The van der Waals surface area contributed by atoms with Crippen LogP contribution in [-0.4, -0.2) is 77.5 Å². The lowest BCUT2D eigenvalue weighted by Crippen LogP contribution is -2.50. The van der Waals surface area contributed by atoms with Gasteiger partial charge in [-0.05, 0) is 32.0 Å². The summed E-state index contributed by atoms with van der Waals surface area (Å²) in [6, 6.07) is 6.10. The number of hydrogen-bond donors (Lipinski definition) is 0. The molecular formula is C21H27N5O3. The Balaban J connectivity index is 1.45. The molecule has 0 aliphatic carbocycles. The van der Waals surface area contributed by atoms with Gasteiger partial charge in [0.1, 0.15) is 6.33 Å². The van der Waals surface area contributed by atoms with Crippen LogP contribution < -0.4 is 9.64 Å². The van der Waals surface area contributed by atoms with Gasteiger partial charge in [-0.1, -0.05) is 0 Å². The molecule has 2 aliphatic rings. The van der Waals surface area contributed by atoms with E-state index in [-0.39, 0.29) is 23.8 Å². The Morgan fingerprint density at radius 2 is 1.93 bits per heavy atom. The van der Waals surface area contributed by atoms with Gasteiger partial charge >= 0.3 is 0 Å². The van der Waals surface area contributed by atoms with Crippen LogP contribution in [0.2, 0.25) is 0 Å². The van der Waals surface area contributed by atoms with Crippen LogP contribution >= 0.6 is 0 Å². The van der Waals surface area contributed by atoms with E-state index in [1.54, 1.807) is 11.9 Å². The molecule has 0 bridgehead atoms. The minimum absolute atomic E-state index is 0.0350. The van der Waals surface area contributed by atoms with Gasteiger partial charge in [0.2, 0.25) is 17.7 Å². The SMILES string of the molecule is CC(C)Oc1ncnc2ccc(N3CCN(C(=O)C4CC(=O)N(C)C4)CC3)cc12. The highest BCUT2D eigenvalue weighted by Crippen LogP contribution is 2.28. The highest BCUT2D eigenvalue weighted by atomic mass is 16.5. The van der Waals surface area contributed by atoms with E-state index in [9.17, 15) is 9.59 Å². The summed E-state index contributed by atoms with van der Waals surface area (Å²) in [5, 5.41) is 0.893. The van der Waals surface area contributed by atoms with E-state index >= 15 is 0 Å². The van der Waals surface area contributed by atoms with E-state index in [0.717, 1.165) is 29.7 Å². The summed E-state index contributed by atoms with van der Waals surface area (Å²) >= 11 is 0. The number of anilines is 1. The number of aromatic nitrogens is 2. The number of likely N-dealkylation sites (tertiary alicyclic amines) is 1. The molecule has 8 nitrogen and oxygen atoms in total. The number of hydrogen-bond acceptors (Lipinski definition) is 6. The third-order valence-corrected chi connectivity index (χ3v) is 5.58. The molecule has 2 aliphatic heterocycles. The largest absolute Gasteiger partial charge is 0.474 e. The number of benzene rings is 1. The zero-order valence-corrected chi connectivity index (χ0v) is 17.2. The van der Waals surface area contributed by atoms with Gasteiger partial charge in [0.05, 0.1) is 22.9 Å². The lowest BCUT2D eigenvalue weighted by Gasteiger charge is -2.37. The average molecular weight is 397 g/mol. The first-order valence-corrected chi connectivity index (χ1v) is 10.1. The number of carbonyl (C=O) groups is 2. The number of carbonyl (C=O) groups excluding carboxylic acids is 2. The summed E-state index contributed by atoms with van der Waals surface area (Å²) in [6.07, 6.45) is 1.89. The fourth-order valence-electron chi connectivity index (χ4n) is 4.01. The molecular weight excluding hydrogens is 370 g/mol. The predicted molar refractivity (Wildman–Crippen MR) is 110 cm³/mol. The van der Waals surface area contributed by atoms with Crippen LogP contribution in [0.15, 0.2) is 24.5 Å². The summed E-state index contributed by atoms with van der Waals surface area (Å²) in [5.74, 6) is 0.546. The molecule has 0 spiro atoms. The van der Waals surface area contributed by atoms with Gasteiger partial charge in [0.15, 0.2) is 0 Å². The van der Waals surface area contributed by atoms with E-state index in [0.29, 0.717) is 31.9 Å². The van der Waals surface area contributed by atoms with Crippen LogP contribution in [0.1, 0.15) is 20.3 Å². The molecule has 1 aromatic heterocycles. The normalized spacial score (nSPS) is 20.1. The van der Waals surface area contributed by atoms with Gasteiger partial charge in [-0.15, -0.1) is 0 Å². The Kier molecular flexibility index (Phi) is 5.25. The topological polar surface area (TPSA) is 78.9 Å². The molecule has 8 heteroatoms. The Labute approximate surface area is 170 Å². The summed E-state index contributed by atoms with van der Waals surface area (Å²) < 4.78 is 5.84. The van der Waals surface area contributed by atoms with Gasteiger partial charge in [0, 0.05) is 51.9 Å². The van der Waals surface area contributed by atoms with Crippen molar-refractivity contribution in [3.05, 3.63) is 24.5 Å². The zero-order chi connectivity index (χ0) is 20.5. The highest BCUT2D eigenvalue weighted by Gasteiger charge is 2.35. The minimum Gasteiger partial charge on any atom is -0.474 e. The van der Waals surface area contributed by atoms with Crippen LogP contribution in [0.3, 0.4) is 0 Å². The first-order chi connectivity index (χ1) is 13.9. The van der Waals surface area contributed by atoms with Crippen molar-refractivity contribution in [2.45, 2.75) is 26.4 Å². The molecule has 0 saturated carbocycles. The molecule has 1 aromatic carbocycles. The highest BCUT2D eigenvalue weighted by molar-refractivity contribution is 5.89. The number of amides is 2. The predicted octanol–water partition coefficient (Wildman–Crippen LogP) is 1.54. The monoisotopic (exact) mass is 397 g/mol. The van der Waals surface area contributed by atoms with Crippen LogP contribution in [0.4, 0.5) is 5.69 Å². The van der Waals surface area contributed by atoms with Crippen molar-refractivity contribution in [2.75, 3.05) is 44.7 Å². The summed E-state index contributed by atoms with van der Waals surface area (Å²) in [5.41, 5.74) is 1.92. The van der Waals surface area contributed by atoms with Crippen molar-refractivity contribution in [1.82, 2.24) is 19.8 Å². The molecule has 2 fully saturated rings. The van der Waals surface area contributed by atoms with Gasteiger partial charge in [-0.2, -0.15) is 0 Å². The first-order valence-electron chi connectivity index (χ1n) is 10.1. The van der Waals surface area contributed by atoms with E-state index in [1.165, 1.54) is 6.33 Å². The Hall–Kier alpha value is -2.90. The molecule has 0 N–H and O–H groups in total. The maximum Gasteiger partial charge on any atom is 0.228 e. The van der Waals surface area contributed by atoms with Gasteiger partial charge in [-0.25, -0.2) is 9.97 Å². The number of nitrogens with zero attached hydrogens (tertiary/aromatic N) is 5. The maximum absolute atomic E-state index is 12.8. The first kappa shape index (κ1) is 19.4. The standard InChI is InChI=1S/C21H27N5O3/c1-14(2)29-20-17-11-16(4-5-18(17)22-13-23-20)25-6-8-26(9-7-25)21(28)15-10-19(27)24(3)12-15/h4-5,11,13-15H,6-10,12H2,1-3H3. The minimum atomic E-state index is -0.201. The van der Waals surface area contributed by atoms with E-state index < -0.39 is 0 Å². The lowest BCUT2D eigenvalue weighted by molar-refractivity contribution is -0.136. The Bertz CT molecular complexity index is 924. The third kappa shape index (κ3) is 3.97. The van der Waals surface area contributed by atoms with Crippen molar-refractivity contribution >= 4 is 28.4 Å². The molecule has 2 saturated heterocycles. The molecule has 1 unspecified atom stereocenters. The molecule has 154 valence electrons. The number of rotatable bonds is 4. The van der Waals surface area contributed by atoms with Crippen molar-refractivity contribution in [1.29, 1.82) is 0 Å². The Morgan fingerprint density at radius 1 is 1.17 bits per heavy atom. The fourth-order valence-corrected chi connectivity index (χ4v) is 4.01. The summed E-state index contributed by atoms with van der Waals surface area (Å²) in [7, 11) is 1.76. The molecule has 3 heterocycles. The van der Waals surface area contributed by atoms with E-state index in [4.69, 9.17) is 4.74 Å². The number of piperazine rings is 1. The quantitative estimate of drug-likeness (QED) is 0.779. The second-order valence-electron chi connectivity index (χ2n) is 8.03. The summed E-state index contributed by atoms with van der Waals surface area (Å²) in [4.78, 5) is 38.9.